The zero-order valence-corrected chi connectivity index (χ0v) is 15.0. The maximum atomic E-state index is 14.0. The Balaban J connectivity index is 1.88. The van der Waals surface area contributed by atoms with E-state index in [1.54, 1.807) is 21.7 Å². The minimum Gasteiger partial charge on any atom is -0.377 e. The molecule has 0 aliphatic carbocycles. The molecule has 6 nitrogen and oxygen atoms in total. The van der Waals surface area contributed by atoms with Crippen LogP contribution >= 0.6 is 0 Å². The molecule has 1 N–H and O–H groups in total. The molecule has 1 aliphatic rings. The molecule has 0 saturated carbocycles. The number of anilines is 1. The summed E-state index contributed by atoms with van der Waals surface area (Å²) in [6.07, 6.45) is 0. The van der Waals surface area contributed by atoms with Crippen molar-refractivity contribution in [2.45, 2.75) is 26.8 Å². The molecule has 1 unspecified atom stereocenters. The van der Waals surface area contributed by atoms with Gasteiger partial charge < -0.3 is 15.0 Å². The van der Waals surface area contributed by atoms with Crippen molar-refractivity contribution in [1.82, 2.24) is 14.7 Å². The number of amides is 2. The summed E-state index contributed by atoms with van der Waals surface area (Å²) in [4.78, 5) is 14.5. The predicted octanol–water partition coefficient (Wildman–Crippen LogP) is 3.09. The number of aryl methyl sites for hydroxylation is 3. The van der Waals surface area contributed by atoms with Gasteiger partial charge in [-0.1, -0.05) is 6.07 Å². The smallest absolute Gasteiger partial charge is 0.322 e. The van der Waals surface area contributed by atoms with Gasteiger partial charge in [0.1, 0.15) is 5.82 Å². The number of carbonyl (C=O) groups excluding carboxylic acids is 1. The number of rotatable bonds is 2. The standard InChI is InChI=1S/C18H23FN4O2/c1-11-5-6-14(19)15(9-11)20-18(24)23-7-8-25-10-16(23)17-12(2)21-22(4)13(17)3/h5-6,9,16H,7-8,10H2,1-4H3,(H,20,24). The van der Waals surface area contributed by atoms with Crippen molar-refractivity contribution in [2.75, 3.05) is 25.1 Å². The summed E-state index contributed by atoms with van der Waals surface area (Å²) in [5.74, 6) is -0.447. The van der Waals surface area contributed by atoms with Gasteiger partial charge in [0, 0.05) is 24.8 Å². The van der Waals surface area contributed by atoms with E-state index in [1.165, 1.54) is 6.07 Å². The summed E-state index contributed by atoms with van der Waals surface area (Å²) in [7, 11) is 1.88. The van der Waals surface area contributed by atoms with Crippen LogP contribution in [0.1, 0.15) is 28.6 Å². The number of carbonyl (C=O) groups is 1. The molecule has 0 spiro atoms. The molecule has 1 aliphatic heterocycles. The summed E-state index contributed by atoms with van der Waals surface area (Å²) in [6.45, 7) is 7.05. The molecule has 0 radical (unpaired) electrons. The molecular formula is C18H23FN4O2. The van der Waals surface area contributed by atoms with Crippen LogP contribution < -0.4 is 5.32 Å². The largest absolute Gasteiger partial charge is 0.377 e. The first kappa shape index (κ1) is 17.4. The number of nitrogens with zero attached hydrogens (tertiary/aromatic N) is 3. The lowest BCUT2D eigenvalue weighted by Gasteiger charge is -2.36. The first-order chi connectivity index (χ1) is 11.9. The topological polar surface area (TPSA) is 59.4 Å². The lowest BCUT2D eigenvalue weighted by Crippen LogP contribution is -2.45. The van der Waals surface area contributed by atoms with Gasteiger partial charge in [0.05, 0.1) is 30.6 Å². The van der Waals surface area contributed by atoms with Crippen LogP contribution in [0.4, 0.5) is 14.9 Å². The lowest BCUT2D eigenvalue weighted by molar-refractivity contribution is 0.0143. The number of ether oxygens (including phenoxy) is 1. The minimum absolute atomic E-state index is 0.190. The fourth-order valence-corrected chi connectivity index (χ4v) is 3.28. The Morgan fingerprint density at radius 1 is 1.36 bits per heavy atom. The first-order valence-corrected chi connectivity index (χ1v) is 8.30. The van der Waals surface area contributed by atoms with Gasteiger partial charge in [0.15, 0.2) is 0 Å². The SMILES string of the molecule is Cc1ccc(F)c(NC(=O)N2CCOCC2c2c(C)nn(C)c2C)c1. The van der Waals surface area contributed by atoms with Crippen molar-refractivity contribution in [1.29, 1.82) is 0 Å². The number of benzene rings is 1. The summed E-state index contributed by atoms with van der Waals surface area (Å²) in [5.41, 5.74) is 3.92. The van der Waals surface area contributed by atoms with Crippen molar-refractivity contribution < 1.29 is 13.9 Å². The molecule has 1 aromatic heterocycles. The summed E-state index contributed by atoms with van der Waals surface area (Å²) >= 11 is 0. The van der Waals surface area contributed by atoms with Crippen molar-refractivity contribution in [3.63, 3.8) is 0 Å². The Morgan fingerprint density at radius 2 is 2.12 bits per heavy atom. The molecule has 2 aromatic rings. The molecule has 0 bridgehead atoms. The molecule has 25 heavy (non-hydrogen) atoms. The Kier molecular flexibility index (Phi) is 4.76. The average Bonchev–Trinajstić information content (AvgIpc) is 2.83. The third-order valence-electron chi connectivity index (χ3n) is 4.65. The average molecular weight is 346 g/mol. The van der Waals surface area contributed by atoms with E-state index < -0.39 is 5.82 Å². The second-order valence-corrected chi connectivity index (χ2v) is 6.41. The maximum Gasteiger partial charge on any atom is 0.322 e. The molecular weight excluding hydrogens is 323 g/mol. The van der Waals surface area contributed by atoms with Gasteiger partial charge in [-0.15, -0.1) is 0 Å². The van der Waals surface area contributed by atoms with Gasteiger partial charge in [-0.2, -0.15) is 5.10 Å². The fourth-order valence-electron chi connectivity index (χ4n) is 3.28. The highest BCUT2D eigenvalue weighted by Gasteiger charge is 2.32. The van der Waals surface area contributed by atoms with E-state index in [1.807, 2.05) is 27.8 Å². The van der Waals surface area contributed by atoms with Crippen LogP contribution in [0.25, 0.3) is 0 Å². The van der Waals surface area contributed by atoms with Crippen LogP contribution in [-0.4, -0.2) is 40.5 Å². The highest BCUT2D eigenvalue weighted by atomic mass is 19.1. The molecule has 2 heterocycles. The van der Waals surface area contributed by atoms with E-state index in [0.717, 1.165) is 22.5 Å². The highest BCUT2D eigenvalue weighted by molar-refractivity contribution is 5.90. The molecule has 1 atom stereocenters. The van der Waals surface area contributed by atoms with E-state index in [9.17, 15) is 9.18 Å². The highest BCUT2D eigenvalue weighted by Crippen LogP contribution is 2.30. The van der Waals surface area contributed by atoms with E-state index in [2.05, 4.69) is 10.4 Å². The van der Waals surface area contributed by atoms with Gasteiger partial charge in [0.2, 0.25) is 0 Å². The van der Waals surface area contributed by atoms with Crippen LogP contribution in [0.5, 0.6) is 0 Å². The number of hydrogen-bond donors (Lipinski definition) is 1. The normalized spacial score (nSPS) is 17.6. The van der Waals surface area contributed by atoms with Gasteiger partial charge in [-0.05, 0) is 38.5 Å². The van der Waals surface area contributed by atoms with Gasteiger partial charge in [-0.25, -0.2) is 9.18 Å². The number of halogens is 1. The second-order valence-electron chi connectivity index (χ2n) is 6.41. The van der Waals surface area contributed by atoms with Gasteiger partial charge in [-0.3, -0.25) is 4.68 Å². The van der Waals surface area contributed by atoms with E-state index in [0.29, 0.717) is 19.8 Å². The van der Waals surface area contributed by atoms with Crippen LogP contribution in [0.15, 0.2) is 18.2 Å². The number of urea groups is 1. The number of morpholine rings is 1. The van der Waals surface area contributed by atoms with Crippen molar-refractivity contribution >= 4 is 11.7 Å². The summed E-state index contributed by atoms with van der Waals surface area (Å²) in [6, 6.07) is 4.08. The number of hydrogen-bond acceptors (Lipinski definition) is 3. The molecule has 1 fully saturated rings. The molecule has 134 valence electrons. The van der Waals surface area contributed by atoms with Crippen molar-refractivity contribution in [3.8, 4) is 0 Å². The predicted molar refractivity (Wildman–Crippen MR) is 93.1 cm³/mol. The van der Waals surface area contributed by atoms with Crippen LogP contribution in [0.3, 0.4) is 0 Å². The molecule has 1 aromatic carbocycles. The zero-order valence-electron chi connectivity index (χ0n) is 15.0. The quantitative estimate of drug-likeness (QED) is 0.909. The van der Waals surface area contributed by atoms with Crippen LogP contribution in [0, 0.1) is 26.6 Å². The monoisotopic (exact) mass is 346 g/mol. The van der Waals surface area contributed by atoms with E-state index in [-0.39, 0.29) is 17.8 Å². The number of aromatic nitrogens is 2. The maximum absolute atomic E-state index is 14.0. The molecule has 1 saturated heterocycles. The Hall–Kier alpha value is -2.41. The lowest BCUT2D eigenvalue weighted by atomic mass is 10.0. The molecule has 3 rings (SSSR count). The van der Waals surface area contributed by atoms with E-state index in [4.69, 9.17) is 4.74 Å². The van der Waals surface area contributed by atoms with Crippen LogP contribution in [0.2, 0.25) is 0 Å². The Bertz CT molecular complexity index is 803. The first-order valence-electron chi connectivity index (χ1n) is 8.30. The molecule has 2 amide bonds. The molecule has 7 heteroatoms. The second kappa shape index (κ2) is 6.84. The fraction of sp³-hybridized carbons (Fsp3) is 0.444. The number of nitrogens with one attached hydrogen (secondary N) is 1. The van der Waals surface area contributed by atoms with Crippen LogP contribution in [-0.2, 0) is 11.8 Å². The van der Waals surface area contributed by atoms with Crippen molar-refractivity contribution in [3.05, 3.63) is 46.5 Å². The zero-order chi connectivity index (χ0) is 18.1. The Labute approximate surface area is 146 Å². The minimum atomic E-state index is -0.447. The van der Waals surface area contributed by atoms with E-state index >= 15 is 0 Å². The third-order valence-corrected chi connectivity index (χ3v) is 4.65. The van der Waals surface area contributed by atoms with Crippen molar-refractivity contribution in [2.24, 2.45) is 7.05 Å². The third kappa shape index (κ3) is 3.37. The summed E-state index contributed by atoms with van der Waals surface area (Å²) in [5, 5.41) is 7.13. The summed E-state index contributed by atoms with van der Waals surface area (Å²) < 4.78 is 21.4. The Morgan fingerprint density at radius 3 is 2.80 bits per heavy atom. The van der Waals surface area contributed by atoms with Gasteiger partial charge >= 0.3 is 6.03 Å². The van der Waals surface area contributed by atoms with Gasteiger partial charge in [0.25, 0.3) is 0 Å².